The lowest BCUT2D eigenvalue weighted by molar-refractivity contribution is 0.712. The van der Waals surface area contributed by atoms with E-state index in [0.717, 1.165) is 0 Å². The van der Waals surface area contributed by atoms with Crippen LogP contribution in [-0.2, 0) is 0 Å². The van der Waals surface area contributed by atoms with E-state index in [1.807, 2.05) is 12.1 Å². The molecule has 0 saturated carbocycles. The highest BCUT2D eigenvalue weighted by Crippen LogP contribution is 2.17. The molecule has 0 atom stereocenters. The van der Waals surface area contributed by atoms with Crippen LogP contribution < -0.4 is 0 Å². The summed E-state index contributed by atoms with van der Waals surface area (Å²) in [4.78, 5) is 0. The van der Waals surface area contributed by atoms with Crippen LogP contribution in [0.25, 0.3) is 11.1 Å². The molecule has 0 spiro atoms. The maximum Gasteiger partial charge on any atom is 0.577 e. The Morgan fingerprint density at radius 3 is 1.13 bits per heavy atom. The molecular weight excluding hydrogens is 193 g/mol. The minimum Gasteiger partial charge on any atom is -0.289 e. The van der Waals surface area contributed by atoms with Crippen LogP contribution in [0.2, 0.25) is 0 Å². The highest BCUT2D eigenvalue weighted by molar-refractivity contribution is 6.15. The molecular formula is C12H10BF2. The molecule has 0 aromatic heterocycles. The monoisotopic (exact) mass is 203 g/mol. The zero-order chi connectivity index (χ0) is 10.9. The predicted molar refractivity (Wildman–Crippen MR) is 59.8 cm³/mol. The summed E-state index contributed by atoms with van der Waals surface area (Å²) in [6.45, 7) is 0. The van der Waals surface area contributed by atoms with Crippen LogP contribution in [0.5, 0.6) is 0 Å². The average Bonchev–Trinajstić information content (AvgIpc) is 2.32. The van der Waals surface area contributed by atoms with Crippen molar-refractivity contribution in [2.75, 3.05) is 0 Å². The summed E-state index contributed by atoms with van der Waals surface area (Å²) in [6, 6.07) is 20.8. The molecule has 0 aliphatic rings. The molecule has 2 aromatic rings. The molecule has 15 heavy (non-hydrogen) atoms. The largest absolute Gasteiger partial charge is 0.577 e. The number of benzene rings is 2. The fourth-order valence-corrected chi connectivity index (χ4v) is 1.26. The van der Waals surface area contributed by atoms with E-state index in [1.54, 1.807) is 0 Å². The van der Waals surface area contributed by atoms with E-state index in [2.05, 4.69) is 48.5 Å². The second kappa shape index (κ2) is 6.76. The van der Waals surface area contributed by atoms with Crippen molar-refractivity contribution in [1.29, 1.82) is 0 Å². The first-order chi connectivity index (χ1) is 7.38. The lowest BCUT2D eigenvalue weighted by Gasteiger charge is -1.98. The van der Waals surface area contributed by atoms with Gasteiger partial charge in [-0.2, -0.15) is 0 Å². The van der Waals surface area contributed by atoms with Crippen molar-refractivity contribution < 1.29 is 8.63 Å². The van der Waals surface area contributed by atoms with Gasteiger partial charge in [0, 0.05) is 0 Å². The van der Waals surface area contributed by atoms with Gasteiger partial charge in [-0.15, -0.1) is 0 Å². The van der Waals surface area contributed by atoms with Crippen LogP contribution in [0.3, 0.4) is 0 Å². The Hall–Kier alpha value is -1.64. The number of hydrogen-bond donors (Lipinski definition) is 0. The molecule has 0 nitrogen and oxygen atoms in total. The summed E-state index contributed by atoms with van der Waals surface area (Å²) < 4.78 is 19.0. The summed E-state index contributed by atoms with van der Waals surface area (Å²) in [5, 5.41) is 0. The van der Waals surface area contributed by atoms with Crippen molar-refractivity contribution in [2.24, 2.45) is 0 Å². The Bertz CT molecular complexity index is 324. The van der Waals surface area contributed by atoms with Gasteiger partial charge in [-0.1, -0.05) is 60.7 Å². The van der Waals surface area contributed by atoms with Crippen molar-refractivity contribution in [3.05, 3.63) is 60.7 Å². The van der Waals surface area contributed by atoms with E-state index >= 15 is 0 Å². The zero-order valence-electron chi connectivity index (χ0n) is 8.11. The third-order valence-corrected chi connectivity index (χ3v) is 1.88. The molecule has 75 valence electrons. The third kappa shape index (κ3) is 3.94. The molecule has 0 aliphatic heterocycles. The van der Waals surface area contributed by atoms with Gasteiger partial charge < -0.3 is 0 Å². The minimum atomic E-state index is -1.00. The molecule has 2 rings (SSSR count). The topological polar surface area (TPSA) is 0 Å². The fraction of sp³-hybridized carbons (Fsp3) is 0. The maximum absolute atomic E-state index is 9.50. The molecule has 0 amide bonds. The third-order valence-electron chi connectivity index (χ3n) is 1.88. The van der Waals surface area contributed by atoms with Gasteiger partial charge >= 0.3 is 7.83 Å². The molecule has 1 radical (unpaired) electrons. The first-order valence-electron chi connectivity index (χ1n) is 4.51. The molecule has 0 fully saturated rings. The Morgan fingerprint density at radius 1 is 0.600 bits per heavy atom. The van der Waals surface area contributed by atoms with Crippen molar-refractivity contribution >= 4 is 7.83 Å². The van der Waals surface area contributed by atoms with Gasteiger partial charge in [0.25, 0.3) is 0 Å². The Labute approximate surface area is 88.9 Å². The van der Waals surface area contributed by atoms with E-state index < -0.39 is 7.83 Å². The average molecular weight is 203 g/mol. The maximum atomic E-state index is 9.50. The van der Waals surface area contributed by atoms with Crippen LogP contribution >= 0.6 is 0 Å². The molecule has 0 aliphatic carbocycles. The van der Waals surface area contributed by atoms with E-state index in [0.29, 0.717) is 0 Å². The molecule has 0 heterocycles. The predicted octanol–water partition coefficient (Wildman–Crippen LogP) is 3.81. The lowest BCUT2D eigenvalue weighted by Crippen LogP contribution is -1.73. The lowest BCUT2D eigenvalue weighted by atomic mass is 10.1. The van der Waals surface area contributed by atoms with Gasteiger partial charge in [0.15, 0.2) is 0 Å². The van der Waals surface area contributed by atoms with Gasteiger partial charge in [-0.25, -0.2) is 0 Å². The molecule has 0 N–H and O–H groups in total. The first-order valence-corrected chi connectivity index (χ1v) is 4.51. The van der Waals surface area contributed by atoms with Crippen LogP contribution in [0, 0.1) is 0 Å². The second-order valence-electron chi connectivity index (χ2n) is 2.81. The van der Waals surface area contributed by atoms with Gasteiger partial charge in [0.2, 0.25) is 0 Å². The van der Waals surface area contributed by atoms with Gasteiger partial charge in [0.05, 0.1) is 0 Å². The highest BCUT2D eigenvalue weighted by atomic mass is 19.2. The van der Waals surface area contributed by atoms with Crippen molar-refractivity contribution in [3.63, 3.8) is 0 Å². The first kappa shape index (κ1) is 11.4. The van der Waals surface area contributed by atoms with Crippen LogP contribution in [-0.4, -0.2) is 7.83 Å². The molecule has 0 unspecified atom stereocenters. The Balaban J connectivity index is 0.000000337. The summed E-state index contributed by atoms with van der Waals surface area (Å²) in [5.74, 6) is 0. The molecule has 2 aromatic carbocycles. The number of hydrogen-bond acceptors (Lipinski definition) is 0. The smallest absolute Gasteiger partial charge is 0.289 e. The molecule has 3 heteroatoms. The quantitative estimate of drug-likeness (QED) is 0.618. The number of halogens is 2. The highest BCUT2D eigenvalue weighted by Gasteiger charge is 1.91. The summed E-state index contributed by atoms with van der Waals surface area (Å²) in [7, 11) is -1.00. The van der Waals surface area contributed by atoms with Gasteiger partial charge in [0.1, 0.15) is 0 Å². The van der Waals surface area contributed by atoms with Crippen LogP contribution in [0.4, 0.5) is 8.63 Å². The normalized spacial score (nSPS) is 8.67. The Morgan fingerprint density at radius 2 is 0.867 bits per heavy atom. The Kier molecular flexibility index (Phi) is 5.16. The molecule has 0 bridgehead atoms. The van der Waals surface area contributed by atoms with E-state index in [1.165, 1.54) is 11.1 Å². The standard InChI is InChI=1S/C12H10.BF2/c1-3-7-11(8-4-1)12-9-5-2-6-10-12;2-1-3/h1-10H;. The minimum absolute atomic E-state index is 1.00. The number of rotatable bonds is 1. The van der Waals surface area contributed by atoms with Crippen molar-refractivity contribution in [3.8, 4) is 11.1 Å². The van der Waals surface area contributed by atoms with Gasteiger partial charge in [-0.3, -0.25) is 8.63 Å². The summed E-state index contributed by atoms with van der Waals surface area (Å²) in [6.07, 6.45) is 0. The zero-order valence-corrected chi connectivity index (χ0v) is 8.11. The van der Waals surface area contributed by atoms with Crippen LogP contribution in [0.1, 0.15) is 0 Å². The van der Waals surface area contributed by atoms with Crippen molar-refractivity contribution in [2.45, 2.75) is 0 Å². The molecule has 0 saturated heterocycles. The second-order valence-corrected chi connectivity index (χ2v) is 2.81. The SMILES string of the molecule is F[B]F.c1ccc(-c2ccccc2)cc1. The van der Waals surface area contributed by atoms with E-state index in [4.69, 9.17) is 0 Å². The van der Waals surface area contributed by atoms with Crippen molar-refractivity contribution in [1.82, 2.24) is 0 Å². The van der Waals surface area contributed by atoms with E-state index in [-0.39, 0.29) is 0 Å². The van der Waals surface area contributed by atoms with Crippen LogP contribution in [0.15, 0.2) is 60.7 Å². The summed E-state index contributed by atoms with van der Waals surface area (Å²) in [5.41, 5.74) is 2.55. The van der Waals surface area contributed by atoms with E-state index in [9.17, 15) is 8.63 Å². The fourth-order valence-electron chi connectivity index (χ4n) is 1.26. The summed E-state index contributed by atoms with van der Waals surface area (Å²) >= 11 is 0. The van der Waals surface area contributed by atoms with Gasteiger partial charge in [-0.05, 0) is 11.1 Å².